The number of nitrogens with zero attached hydrogens (tertiary/aromatic N) is 4. The summed E-state index contributed by atoms with van der Waals surface area (Å²) >= 11 is 0. The Morgan fingerprint density at radius 1 is 0.184 bits per heavy atom. The quantitative estimate of drug-likeness (QED) is 0.122. The third kappa shape index (κ3) is 9.91. The normalized spacial score (nSPS) is 13.2. The van der Waals surface area contributed by atoms with Crippen molar-refractivity contribution in [3.05, 3.63) is 481 Å². The molecule has 0 aliphatic heterocycles. The van der Waals surface area contributed by atoms with Crippen LogP contribution in [0.2, 0.25) is 0 Å². The van der Waals surface area contributed by atoms with E-state index in [1.807, 2.05) is 0 Å². The second kappa shape index (κ2) is 26.5. The fourth-order valence-corrected chi connectivity index (χ4v) is 22.1. The molecule has 0 radical (unpaired) electrons. The van der Waals surface area contributed by atoms with Gasteiger partial charge in [-0.3, -0.25) is 0 Å². The predicted molar refractivity (Wildman–Crippen MR) is 516 cm³/mol. The van der Waals surface area contributed by atoms with Crippen LogP contribution in [-0.2, 0) is 10.8 Å². The largest absolute Gasteiger partial charge is 0.456 e. The molecule has 125 heavy (non-hydrogen) atoms. The molecule has 0 unspecified atom stereocenters. The van der Waals surface area contributed by atoms with Crippen molar-refractivity contribution in [2.75, 3.05) is 9.80 Å². The Balaban J connectivity index is 0.602. The number of furan rings is 3. The van der Waals surface area contributed by atoms with E-state index in [2.05, 4.69) is 456 Å². The van der Waals surface area contributed by atoms with E-state index in [-0.39, 0.29) is 0 Å². The summed E-state index contributed by atoms with van der Waals surface area (Å²) in [6, 6.07) is 161. The highest BCUT2D eigenvalue weighted by atomic mass is 16.3. The van der Waals surface area contributed by atoms with Crippen molar-refractivity contribution in [3.63, 3.8) is 0 Å². The summed E-state index contributed by atoms with van der Waals surface area (Å²) in [5, 5.41) is 15.6. The molecular formula is C118H72N4O3. The number of anilines is 6. The first-order chi connectivity index (χ1) is 62.0. The zero-order valence-corrected chi connectivity index (χ0v) is 67.6. The first-order valence-corrected chi connectivity index (χ1v) is 43.0. The molecule has 0 fully saturated rings. The molecule has 0 spiro atoms. The first-order valence-electron chi connectivity index (χ1n) is 43.0. The number of fused-ring (bicyclic) bond motifs is 25. The van der Waals surface area contributed by atoms with Gasteiger partial charge in [-0.2, -0.15) is 0 Å². The van der Waals surface area contributed by atoms with Gasteiger partial charge in [-0.25, -0.2) is 0 Å². The first kappa shape index (κ1) is 69.3. The van der Waals surface area contributed by atoms with Crippen LogP contribution < -0.4 is 9.80 Å². The van der Waals surface area contributed by atoms with Crippen LogP contribution in [0.25, 0.3) is 165 Å². The smallest absolute Gasteiger partial charge is 0.137 e. The number of para-hydroxylation sites is 4. The molecule has 25 aromatic rings. The van der Waals surface area contributed by atoms with Gasteiger partial charge < -0.3 is 32.2 Å². The van der Waals surface area contributed by atoms with E-state index in [4.69, 9.17) is 13.3 Å². The van der Waals surface area contributed by atoms with Crippen LogP contribution >= 0.6 is 0 Å². The summed E-state index contributed by atoms with van der Waals surface area (Å²) in [6.07, 6.45) is 0. The molecule has 7 heteroatoms. The number of rotatable bonds is 12. The molecule has 20 aromatic carbocycles. The standard InChI is InChI=1S/C118H72N4O3/c1-5-27-75(28-6-1)117(76-29-7-2-8-30-76)101-63-45-73-25-13-15-35-87(73)115(101)95-61-57-83(65-103(95)117)119(79-47-51-81(52-48-79)121-105-41-21-17-37-89(105)90-38-18-22-42-106(90)121)85-55-59-93-97-69-113-99(71-111(97)123-109(93)67-85)100-72-112-98(70-114(100)125-113)94-60-56-86(68-110(94)124-112)120(80-49-53-82(54-50-80)122-107-43-23-19-39-91(107)92-40-20-24-44-108(92)122)84-58-62-96-104(66-84)118(77-31-9-3-10-32-77,78-33-11-4-12-34-78)102-64-46-74-26-14-16-36-88(74)116(96)102/h1-72H. The van der Waals surface area contributed by atoms with Crippen LogP contribution in [0.4, 0.5) is 34.1 Å². The molecule has 2 aliphatic carbocycles. The zero-order chi connectivity index (χ0) is 81.7. The molecule has 0 atom stereocenters. The van der Waals surface area contributed by atoms with Gasteiger partial charge >= 0.3 is 0 Å². The van der Waals surface area contributed by atoms with Crippen molar-refractivity contribution >= 4 is 165 Å². The average Bonchev–Trinajstić information content (AvgIpc) is 1.53. The fourth-order valence-electron chi connectivity index (χ4n) is 22.1. The van der Waals surface area contributed by atoms with Crippen molar-refractivity contribution in [1.82, 2.24) is 9.13 Å². The SMILES string of the molecule is c1ccc(C2(c3ccccc3)c3cc(N(c4ccc(-n5c6ccccc6c6ccccc65)cc4)c4ccc5c(c4)oc4cc6c(cc45)oc4cc5c(cc46)oc4cc(N(c6ccc(-n7c8ccccc8c8ccccc87)cc6)c6ccc7c(c6)C(c6ccccc6)(c6ccccc6)c6ccc8ccccc8c6-7)ccc45)ccc3-c3c2ccc2ccccc32)cc1. The maximum atomic E-state index is 7.21. The molecule has 0 N–H and O–H groups in total. The van der Waals surface area contributed by atoms with E-state index >= 15 is 0 Å². The number of hydrogen-bond donors (Lipinski definition) is 0. The van der Waals surface area contributed by atoms with Gasteiger partial charge in [0.15, 0.2) is 0 Å². The van der Waals surface area contributed by atoms with Gasteiger partial charge in [-0.15, -0.1) is 0 Å². The maximum Gasteiger partial charge on any atom is 0.137 e. The lowest BCUT2D eigenvalue weighted by molar-refractivity contribution is 0.662. The summed E-state index contributed by atoms with van der Waals surface area (Å²) < 4.78 is 26.3. The second-order valence-electron chi connectivity index (χ2n) is 33.6. The van der Waals surface area contributed by atoms with Gasteiger partial charge in [0, 0.05) is 111 Å². The van der Waals surface area contributed by atoms with Crippen LogP contribution in [0.3, 0.4) is 0 Å². The molecular weight excluding hydrogens is 1520 g/mol. The minimum atomic E-state index is -0.659. The van der Waals surface area contributed by atoms with Gasteiger partial charge in [0.1, 0.15) is 33.5 Å². The lowest BCUT2D eigenvalue weighted by Gasteiger charge is -2.35. The van der Waals surface area contributed by atoms with Crippen LogP contribution in [0.1, 0.15) is 44.5 Å². The van der Waals surface area contributed by atoms with Crippen molar-refractivity contribution in [2.45, 2.75) is 10.8 Å². The Hall–Kier alpha value is -16.5. The molecule has 582 valence electrons. The molecule has 7 nitrogen and oxygen atoms in total. The van der Waals surface area contributed by atoms with Gasteiger partial charge in [-0.1, -0.05) is 279 Å². The summed E-state index contributed by atoms with van der Waals surface area (Å²) in [7, 11) is 0. The lowest BCUT2D eigenvalue weighted by atomic mass is 9.67. The van der Waals surface area contributed by atoms with Crippen molar-refractivity contribution < 1.29 is 13.3 Å². The van der Waals surface area contributed by atoms with Crippen molar-refractivity contribution in [3.8, 4) is 33.6 Å². The zero-order valence-electron chi connectivity index (χ0n) is 67.6. The summed E-state index contributed by atoms with van der Waals surface area (Å²) in [4.78, 5) is 4.81. The molecule has 27 rings (SSSR count). The third-order valence-electron chi connectivity index (χ3n) is 27.4. The summed E-state index contributed by atoms with van der Waals surface area (Å²) in [6.45, 7) is 0. The average molecular weight is 1590 g/mol. The highest BCUT2D eigenvalue weighted by Crippen LogP contribution is 2.62. The Morgan fingerprint density at radius 3 is 0.800 bits per heavy atom. The summed E-state index contributed by atoms with van der Waals surface area (Å²) in [5.41, 5.74) is 30.8. The van der Waals surface area contributed by atoms with Crippen LogP contribution in [-0.4, -0.2) is 9.13 Å². The van der Waals surface area contributed by atoms with Crippen molar-refractivity contribution in [1.29, 1.82) is 0 Å². The number of hydrogen-bond acceptors (Lipinski definition) is 5. The maximum absolute atomic E-state index is 7.21. The highest BCUT2D eigenvalue weighted by molar-refractivity contribution is 6.20. The number of benzene rings is 20. The Labute approximate surface area is 718 Å². The molecule has 0 saturated carbocycles. The van der Waals surface area contributed by atoms with Crippen LogP contribution in [0, 0.1) is 0 Å². The Bertz CT molecular complexity index is 8100. The second-order valence-corrected chi connectivity index (χ2v) is 33.6. The molecule has 2 aliphatic rings. The van der Waals surface area contributed by atoms with Gasteiger partial charge in [-0.05, 0) is 234 Å². The van der Waals surface area contributed by atoms with E-state index < -0.39 is 10.8 Å². The molecule has 0 bridgehead atoms. The monoisotopic (exact) mass is 1590 g/mol. The Kier molecular flexibility index (Phi) is 14.7. The van der Waals surface area contributed by atoms with Crippen LogP contribution in [0.5, 0.6) is 0 Å². The third-order valence-corrected chi connectivity index (χ3v) is 27.4. The van der Waals surface area contributed by atoms with E-state index in [9.17, 15) is 0 Å². The predicted octanol–water partition coefficient (Wildman–Crippen LogP) is 31.6. The lowest BCUT2D eigenvalue weighted by Crippen LogP contribution is -2.28. The van der Waals surface area contributed by atoms with E-state index in [0.29, 0.717) is 0 Å². The molecule has 0 amide bonds. The van der Waals surface area contributed by atoms with E-state index in [1.165, 1.54) is 110 Å². The van der Waals surface area contributed by atoms with Gasteiger partial charge in [0.25, 0.3) is 0 Å². The number of aromatic nitrogens is 2. The van der Waals surface area contributed by atoms with E-state index in [1.54, 1.807) is 0 Å². The Morgan fingerprint density at radius 2 is 0.456 bits per heavy atom. The van der Waals surface area contributed by atoms with Gasteiger partial charge in [0.2, 0.25) is 0 Å². The minimum Gasteiger partial charge on any atom is -0.456 e. The van der Waals surface area contributed by atoms with Crippen LogP contribution in [0.15, 0.2) is 450 Å². The molecule has 5 aromatic heterocycles. The molecule has 0 saturated heterocycles. The van der Waals surface area contributed by atoms with Gasteiger partial charge in [0.05, 0.1) is 32.9 Å². The fraction of sp³-hybridized carbons (Fsp3) is 0.0169. The highest BCUT2D eigenvalue weighted by Gasteiger charge is 2.49. The molecule has 5 heterocycles. The summed E-state index contributed by atoms with van der Waals surface area (Å²) in [5.74, 6) is 0. The topological polar surface area (TPSA) is 55.8 Å². The van der Waals surface area contributed by atoms with E-state index in [0.717, 1.165) is 133 Å². The van der Waals surface area contributed by atoms with Crippen molar-refractivity contribution in [2.24, 2.45) is 0 Å². The minimum absolute atomic E-state index is 0.659.